The molecule has 5 N–H and O–H groups in total. The molecule has 0 unspecified atom stereocenters. The molecule has 7 nitrogen and oxygen atoms in total. The standard InChI is InChI=1S/C26H42N2O5/c1-2-3-4-5-6-7-8-9-10-11-12-13-14-15-16-17-18-27-25(32)26(33)28-21-19-22(29)24(31)23(30)20-21/h9-10,19-20,29-31H,2-8,11-18H2,1H3,(H,27,32)(H,28,33). The number of allylic oxidation sites excluding steroid dienone is 2. The summed E-state index contributed by atoms with van der Waals surface area (Å²) in [5.41, 5.74) is 0.0141. The van der Waals surface area contributed by atoms with Crippen molar-refractivity contribution >= 4 is 17.5 Å². The normalized spacial score (nSPS) is 11.1. The minimum atomic E-state index is -0.899. The SMILES string of the molecule is CCCCCCCCC=CCCCCCCCCNC(=O)C(=O)Nc1cc(O)c(O)c(O)c1. The number of phenolic OH excluding ortho intramolecular Hbond substituents is 3. The maximum absolute atomic E-state index is 11.9. The molecule has 0 fully saturated rings. The summed E-state index contributed by atoms with van der Waals surface area (Å²) in [6, 6.07) is 2.09. The zero-order chi connectivity index (χ0) is 24.3. The summed E-state index contributed by atoms with van der Waals surface area (Å²) in [6.07, 6.45) is 21.6. The van der Waals surface area contributed by atoms with Crippen molar-refractivity contribution in [2.24, 2.45) is 0 Å². The molecule has 0 radical (unpaired) electrons. The van der Waals surface area contributed by atoms with E-state index in [0.29, 0.717) is 6.54 Å². The maximum Gasteiger partial charge on any atom is 0.313 e. The number of rotatable bonds is 17. The van der Waals surface area contributed by atoms with E-state index in [1.807, 2.05) is 0 Å². The predicted octanol–water partition coefficient (Wildman–Crippen LogP) is 5.90. The van der Waals surface area contributed by atoms with Gasteiger partial charge in [-0.3, -0.25) is 9.59 Å². The summed E-state index contributed by atoms with van der Waals surface area (Å²) in [6.45, 7) is 2.66. The highest BCUT2D eigenvalue weighted by atomic mass is 16.3. The van der Waals surface area contributed by atoms with Gasteiger partial charge in [-0.15, -0.1) is 0 Å². The average Bonchev–Trinajstić information content (AvgIpc) is 2.79. The summed E-state index contributed by atoms with van der Waals surface area (Å²) in [5, 5.41) is 33.0. The summed E-state index contributed by atoms with van der Waals surface area (Å²) < 4.78 is 0. The first-order chi connectivity index (χ1) is 16.0. The van der Waals surface area contributed by atoms with Crippen molar-refractivity contribution in [3.05, 3.63) is 24.3 Å². The number of amides is 2. The van der Waals surface area contributed by atoms with Crippen molar-refractivity contribution in [3.63, 3.8) is 0 Å². The van der Waals surface area contributed by atoms with E-state index >= 15 is 0 Å². The molecule has 0 aromatic heterocycles. The van der Waals surface area contributed by atoms with Gasteiger partial charge in [-0.05, 0) is 32.1 Å². The van der Waals surface area contributed by atoms with Gasteiger partial charge in [0.05, 0.1) is 0 Å². The Hall–Kier alpha value is -2.70. The topological polar surface area (TPSA) is 119 Å². The number of anilines is 1. The van der Waals surface area contributed by atoms with Crippen LogP contribution in [0.25, 0.3) is 0 Å². The van der Waals surface area contributed by atoms with Crippen molar-refractivity contribution in [2.75, 3.05) is 11.9 Å². The lowest BCUT2D eigenvalue weighted by atomic mass is 10.1. The molecule has 0 heterocycles. The van der Waals surface area contributed by atoms with Crippen molar-refractivity contribution in [2.45, 2.75) is 96.8 Å². The molecule has 0 aliphatic heterocycles. The molecule has 0 spiro atoms. The average molecular weight is 463 g/mol. The second-order valence-corrected chi connectivity index (χ2v) is 8.51. The fourth-order valence-corrected chi connectivity index (χ4v) is 3.52. The van der Waals surface area contributed by atoms with E-state index in [1.165, 1.54) is 64.2 Å². The lowest BCUT2D eigenvalue weighted by Gasteiger charge is -2.08. The number of hydrogen-bond donors (Lipinski definition) is 5. The van der Waals surface area contributed by atoms with E-state index in [4.69, 9.17) is 0 Å². The van der Waals surface area contributed by atoms with Gasteiger partial charge in [0.1, 0.15) is 0 Å². The Bertz CT molecular complexity index is 710. The molecule has 0 aliphatic carbocycles. The molecule has 0 atom stereocenters. The van der Waals surface area contributed by atoms with E-state index < -0.39 is 29.1 Å². The lowest BCUT2D eigenvalue weighted by Crippen LogP contribution is -2.35. The van der Waals surface area contributed by atoms with Crippen molar-refractivity contribution in [1.82, 2.24) is 5.32 Å². The van der Waals surface area contributed by atoms with Gasteiger partial charge >= 0.3 is 11.8 Å². The fourth-order valence-electron chi connectivity index (χ4n) is 3.52. The molecular formula is C26H42N2O5. The second-order valence-electron chi connectivity index (χ2n) is 8.51. The number of carbonyl (C=O) groups is 2. The number of carbonyl (C=O) groups excluding carboxylic acids is 2. The minimum absolute atomic E-state index is 0.0141. The molecule has 0 bridgehead atoms. The molecule has 2 amide bonds. The van der Waals surface area contributed by atoms with Crippen LogP contribution >= 0.6 is 0 Å². The third-order valence-electron chi connectivity index (χ3n) is 5.51. The summed E-state index contributed by atoms with van der Waals surface area (Å²) >= 11 is 0. The van der Waals surface area contributed by atoms with Gasteiger partial charge in [-0.2, -0.15) is 0 Å². The van der Waals surface area contributed by atoms with Crippen molar-refractivity contribution in [3.8, 4) is 17.2 Å². The molecule has 0 saturated heterocycles. The van der Waals surface area contributed by atoms with E-state index in [0.717, 1.165) is 37.8 Å². The van der Waals surface area contributed by atoms with Gasteiger partial charge in [0.2, 0.25) is 0 Å². The summed E-state index contributed by atoms with van der Waals surface area (Å²) in [5.74, 6) is -3.54. The Morgan fingerprint density at radius 2 is 1.21 bits per heavy atom. The van der Waals surface area contributed by atoms with Gasteiger partial charge in [0.25, 0.3) is 0 Å². The molecule has 1 aromatic rings. The summed E-state index contributed by atoms with van der Waals surface area (Å²) in [7, 11) is 0. The first kappa shape index (κ1) is 28.3. The molecule has 1 rings (SSSR count). The van der Waals surface area contributed by atoms with Crippen LogP contribution in [-0.4, -0.2) is 33.7 Å². The quantitative estimate of drug-likeness (QED) is 0.0649. The predicted molar refractivity (Wildman–Crippen MR) is 133 cm³/mol. The molecule has 186 valence electrons. The van der Waals surface area contributed by atoms with Crippen molar-refractivity contribution in [1.29, 1.82) is 0 Å². The van der Waals surface area contributed by atoms with Crippen LogP contribution in [0.2, 0.25) is 0 Å². The molecule has 0 aliphatic rings. The number of unbranched alkanes of at least 4 members (excludes halogenated alkanes) is 12. The van der Waals surface area contributed by atoms with Crippen LogP contribution in [0.1, 0.15) is 96.8 Å². The monoisotopic (exact) mass is 462 g/mol. The van der Waals surface area contributed by atoms with Crippen molar-refractivity contribution < 1.29 is 24.9 Å². The number of phenols is 3. The van der Waals surface area contributed by atoms with Crippen LogP contribution in [-0.2, 0) is 9.59 Å². The second kappa shape index (κ2) is 17.8. The first-order valence-corrected chi connectivity index (χ1v) is 12.4. The Labute approximate surface area is 198 Å². The highest BCUT2D eigenvalue weighted by molar-refractivity contribution is 6.39. The zero-order valence-electron chi connectivity index (χ0n) is 20.1. The molecule has 0 saturated carbocycles. The zero-order valence-corrected chi connectivity index (χ0v) is 20.1. The third-order valence-corrected chi connectivity index (χ3v) is 5.51. The molecule has 1 aromatic carbocycles. The molecule has 7 heteroatoms. The van der Waals surface area contributed by atoms with E-state index in [9.17, 15) is 24.9 Å². The van der Waals surface area contributed by atoms with Gasteiger partial charge in [-0.25, -0.2) is 0 Å². The first-order valence-electron chi connectivity index (χ1n) is 12.4. The minimum Gasteiger partial charge on any atom is -0.504 e. The van der Waals surface area contributed by atoms with Crippen LogP contribution in [0, 0.1) is 0 Å². The van der Waals surface area contributed by atoms with Gasteiger partial charge in [0, 0.05) is 24.4 Å². The van der Waals surface area contributed by atoms with Crippen LogP contribution in [0.15, 0.2) is 24.3 Å². The Morgan fingerprint density at radius 1 is 0.727 bits per heavy atom. The Balaban J connectivity index is 1.97. The Kier molecular flexibility index (Phi) is 15.3. The van der Waals surface area contributed by atoms with Gasteiger partial charge < -0.3 is 26.0 Å². The number of hydrogen-bond acceptors (Lipinski definition) is 5. The van der Waals surface area contributed by atoms with E-state index in [2.05, 4.69) is 29.7 Å². The van der Waals surface area contributed by atoms with Crippen LogP contribution < -0.4 is 10.6 Å². The number of nitrogens with one attached hydrogen (secondary N) is 2. The fraction of sp³-hybridized carbons (Fsp3) is 0.615. The summed E-state index contributed by atoms with van der Waals surface area (Å²) in [4.78, 5) is 23.7. The highest BCUT2D eigenvalue weighted by Gasteiger charge is 2.15. The number of aromatic hydroxyl groups is 3. The van der Waals surface area contributed by atoms with Crippen LogP contribution in [0.3, 0.4) is 0 Å². The van der Waals surface area contributed by atoms with Crippen LogP contribution in [0.5, 0.6) is 17.2 Å². The third kappa shape index (κ3) is 13.4. The van der Waals surface area contributed by atoms with E-state index in [-0.39, 0.29) is 5.69 Å². The maximum atomic E-state index is 11.9. The smallest absolute Gasteiger partial charge is 0.313 e. The largest absolute Gasteiger partial charge is 0.504 e. The molecule has 33 heavy (non-hydrogen) atoms. The van der Waals surface area contributed by atoms with Gasteiger partial charge in [0.15, 0.2) is 17.2 Å². The highest BCUT2D eigenvalue weighted by Crippen LogP contribution is 2.37. The number of benzene rings is 1. The lowest BCUT2D eigenvalue weighted by molar-refractivity contribution is -0.136. The Morgan fingerprint density at radius 3 is 1.76 bits per heavy atom. The van der Waals surface area contributed by atoms with E-state index in [1.54, 1.807) is 0 Å². The molecular weight excluding hydrogens is 420 g/mol. The van der Waals surface area contributed by atoms with Crippen LogP contribution in [0.4, 0.5) is 5.69 Å². The van der Waals surface area contributed by atoms with Gasteiger partial charge in [-0.1, -0.05) is 76.9 Å².